The molecule has 0 saturated carbocycles. The molecule has 2 aromatic heterocycles. The van der Waals surface area contributed by atoms with Crippen LogP contribution in [-0.2, 0) is 4.79 Å². The van der Waals surface area contributed by atoms with Crippen molar-refractivity contribution >= 4 is 34.7 Å². The van der Waals surface area contributed by atoms with Gasteiger partial charge < -0.3 is 20.4 Å². The minimum atomic E-state index is -4.34. The third kappa shape index (κ3) is 5.53. The van der Waals surface area contributed by atoms with Gasteiger partial charge in [-0.1, -0.05) is 6.08 Å². The monoisotopic (exact) mass is 553 g/mol. The first kappa shape index (κ1) is 26.3. The van der Waals surface area contributed by atoms with Crippen LogP contribution in [0.1, 0.15) is 35.2 Å². The lowest BCUT2D eigenvalue weighted by Crippen LogP contribution is -2.35. The number of likely N-dealkylation sites (tertiary alicyclic amines) is 1. The predicted molar refractivity (Wildman–Crippen MR) is 143 cm³/mol. The van der Waals surface area contributed by atoms with E-state index in [9.17, 15) is 22.8 Å². The van der Waals surface area contributed by atoms with Crippen LogP contribution in [0.4, 0.5) is 24.8 Å². The molecule has 2 saturated heterocycles. The number of alkyl halides is 3. The van der Waals surface area contributed by atoms with E-state index < -0.39 is 24.9 Å². The molecule has 3 aliphatic heterocycles. The van der Waals surface area contributed by atoms with Crippen molar-refractivity contribution in [2.45, 2.75) is 25.4 Å². The second-order valence-electron chi connectivity index (χ2n) is 10.7. The molecule has 0 unspecified atom stereocenters. The smallest absolute Gasteiger partial charge is 0.339 e. The zero-order chi connectivity index (χ0) is 27.9. The number of rotatable bonds is 6. The first-order valence-electron chi connectivity index (χ1n) is 13.5. The molecule has 3 aliphatic rings. The summed E-state index contributed by atoms with van der Waals surface area (Å²) in [6.07, 6.45) is -1.82. The summed E-state index contributed by atoms with van der Waals surface area (Å²) >= 11 is 0. The van der Waals surface area contributed by atoms with Gasteiger partial charge in [0.05, 0.1) is 6.42 Å². The van der Waals surface area contributed by atoms with Crippen molar-refractivity contribution in [3.63, 3.8) is 0 Å². The van der Waals surface area contributed by atoms with Crippen molar-refractivity contribution in [2.24, 2.45) is 11.8 Å². The Morgan fingerprint density at radius 1 is 1.05 bits per heavy atom. The Kier molecular flexibility index (Phi) is 6.95. The summed E-state index contributed by atoms with van der Waals surface area (Å²) in [6.45, 7) is 4.16. The first-order chi connectivity index (χ1) is 19.2. The Morgan fingerprint density at radius 3 is 2.48 bits per heavy atom. The molecule has 2 amide bonds. The van der Waals surface area contributed by atoms with Gasteiger partial charge in [0.15, 0.2) is 5.65 Å². The third-order valence-electron chi connectivity index (χ3n) is 7.96. The van der Waals surface area contributed by atoms with Crippen molar-refractivity contribution in [3.05, 3.63) is 59.8 Å². The maximum atomic E-state index is 13.0. The van der Waals surface area contributed by atoms with E-state index in [0.717, 1.165) is 43.0 Å². The number of nitrogens with zero attached hydrogens (tertiary/aromatic N) is 5. The van der Waals surface area contributed by atoms with Crippen LogP contribution in [0, 0.1) is 11.8 Å². The molecule has 0 radical (unpaired) electrons. The minimum Gasteiger partial charge on any atom is -0.339 e. The fourth-order valence-electron chi connectivity index (χ4n) is 5.79. The number of carbonyl (C=O) groups is 2. The fraction of sp³-hybridized carbons (Fsp3) is 0.429. The van der Waals surface area contributed by atoms with Crippen LogP contribution >= 0.6 is 0 Å². The number of halogens is 3. The molecule has 0 bridgehead atoms. The molecule has 12 heteroatoms. The second-order valence-corrected chi connectivity index (χ2v) is 10.7. The van der Waals surface area contributed by atoms with Gasteiger partial charge in [-0.2, -0.15) is 18.2 Å². The number of fused-ring (bicyclic) bond motifs is 2. The second kappa shape index (κ2) is 10.6. The number of nitrogens with one attached hydrogen (secondary N) is 2. The number of hydrogen-bond acceptors (Lipinski definition) is 6. The molecule has 2 fully saturated rings. The van der Waals surface area contributed by atoms with Gasteiger partial charge in [-0.25, -0.2) is 4.52 Å². The Labute approximate surface area is 229 Å². The van der Waals surface area contributed by atoms with E-state index in [-0.39, 0.29) is 12.5 Å². The van der Waals surface area contributed by atoms with Gasteiger partial charge in [0.2, 0.25) is 11.9 Å². The first-order valence-corrected chi connectivity index (χ1v) is 13.5. The molecule has 3 aromatic rings. The molecule has 9 nitrogen and oxygen atoms in total. The molecular formula is C28H30F3N7O2. The molecule has 1 aromatic carbocycles. The summed E-state index contributed by atoms with van der Waals surface area (Å²) in [5, 5.41) is 11.1. The number of carbonyl (C=O) groups excluding carboxylic acids is 2. The highest BCUT2D eigenvalue weighted by Gasteiger charge is 2.38. The van der Waals surface area contributed by atoms with E-state index in [0.29, 0.717) is 42.0 Å². The number of benzene rings is 1. The quantitative estimate of drug-likeness (QED) is 0.483. The van der Waals surface area contributed by atoms with Gasteiger partial charge >= 0.3 is 6.18 Å². The lowest BCUT2D eigenvalue weighted by atomic mass is 10.00. The molecule has 210 valence electrons. The van der Waals surface area contributed by atoms with Gasteiger partial charge in [-0.15, -0.1) is 5.10 Å². The van der Waals surface area contributed by atoms with Crippen LogP contribution in [0.15, 0.2) is 48.7 Å². The van der Waals surface area contributed by atoms with E-state index in [4.69, 9.17) is 0 Å². The molecule has 2 atom stereocenters. The number of amides is 2. The highest BCUT2D eigenvalue weighted by molar-refractivity contribution is 5.95. The molecule has 6 rings (SSSR count). The van der Waals surface area contributed by atoms with Gasteiger partial charge in [-0.05, 0) is 60.2 Å². The predicted octanol–water partition coefficient (Wildman–Crippen LogP) is 3.72. The average molecular weight is 554 g/mol. The maximum absolute atomic E-state index is 13.0. The SMILES string of the molecule is O=C(CCC(F)(F)F)N1CC=C(c2cccn3nc(Nc4ccc(C(=O)N5C[C@H]6CNC[C@H]6C5)cc4)nc23)CC1. The Hall–Kier alpha value is -3.93. The fourth-order valence-corrected chi connectivity index (χ4v) is 5.79. The molecule has 2 N–H and O–H groups in total. The van der Waals surface area contributed by atoms with E-state index in [2.05, 4.69) is 20.7 Å². The van der Waals surface area contributed by atoms with Crippen molar-refractivity contribution < 1.29 is 22.8 Å². The summed E-state index contributed by atoms with van der Waals surface area (Å²) < 4.78 is 39.1. The van der Waals surface area contributed by atoms with Gasteiger partial charge in [0, 0.05) is 68.7 Å². The number of pyridine rings is 1. The van der Waals surface area contributed by atoms with Crippen molar-refractivity contribution in [3.8, 4) is 0 Å². The van der Waals surface area contributed by atoms with Crippen LogP contribution in [0.5, 0.6) is 0 Å². The largest absolute Gasteiger partial charge is 0.389 e. The Bertz CT molecular complexity index is 1440. The topological polar surface area (TPSA) is 94.9 Å². The standard InChI is InChI=1S/C28H30F3N7O2/c29-28(30,31)10-7-24(39)36-12-8-18(9-13-36)23-2-1-11-38-25(23)34-27(35-38)33-22-5-3-19(4-6-22)26(40)37-16-20-14-32-15-21(20)17-37/h1-6,8,11,20-21,32H,7,9-10,12-17H2,(H,33,35)/t20-,21+. The number of hydrogen-bond donors (Lipinski definition) is 2. The normalized spacial score (nSPS) is 21.0. The van der Waals surface area contributed by atoms with E-state index in [1.165, 1.54) is 4.90 Å². The minimum absolute atomic E-state index is 0.0535. The summed E-state index contributed by atoms with van der Waals surface area (Å²) in [6, 6.07) is 11.1. The summed E-state index contributed by atoms with van der Waals surface area (Å²) in [5.74, 6) is 1.05. The van der Waals surface area contributed by atoms with E-state index >= 15 is 0 Å². The highest BCUT2D eigenvalue weighted by atomic mass is 19.4. The van der Waals surface area contributed by atoms with Crippen molar-refractivity contribution in [2.75, 3.05) is 44.6 Å². The molecule has 0 aliphatic carbocycles. The van der Waals surface area contributed by atoms with Crippen LogP contribution in [0.25, 0.3) is 11.2 Å². The van der Waals surface area contributed by atoms with Crippen molar-refractivity contribution in [1.82, 2.24) is 29.7 Å². The average Bonchev–Trinajstić information content (AvgIpc) is 3.66. The Morgan fingerprint density at radius 2 is 1.80 bits per heavy atom. The molecule has 0 spiro atoms. The third-order valence-corrected chi connectivity index (χ3v) is 7.96. The maximum Gasteiger partial charge on any atom is 0.389 e. The molecular weight excluding hydrogens is 523 g/mol. The van der Waals surface area contributed by atoms with Crippen LogP contribution in [-0.4, -0.2) is 81.7 Å². The van der Waals surface area contributed by atoms with Gasteiger partial charge in [-0.3, -0.25) is 9.59 Å². The van der Waals surface area contributed by atoms with Crippen LogP contribution in [0.2, 0.25) is 0 Å². The zero-order valence-electron chi connectivity index (χ0n) is 21.8. The van der Waals surface area contributed by atoms with Crippen molar-refractivity contribution in [1.29, 1.82) is 0 Å². The van der Waals surface area contributed by atoms with Gasteiger partial charge in [0.25, 0.3) is 5.91 Å². The summed E-state index contributed by atoms with van der Waals surface area (Å²) in [7, 11) is 0. The van der Waals surface area contributed by atoms with E-state index in [1.54, 1.807) is 10.7 Å². The molecule has 40 heavy (non-hydrogen) atoms. The van der Waals surface area contributed by atoms with Crippen LogP contribution in [0.3, 0.4) is 0 Å². The Balaban J connectivity index is 1.11. The number of aromatic nitrogens is 3. The summed E-state index contributed by atoms with van der Waals surface area (Å²) in [4.78, 5) is 33.2. The van der Waals surface area contributed by atoms with Gasteiger partial charge in [0.1, 0.15) is 0 Å². The van der Waals surface area contributed by atoms with E-state index in [1.807, 2.05) is 47.4 Å². The summed E-state index contributed by atoms with van der Waals surface area (Å²) in [5.41, 5.74) is 3.86. The highest BCUT2D eigenvalue weighted by Crippen LogP contribution is 2.29. The lowest BCUT2D eigenvalue weighted by molar-refractivity contribution is -0.148. The van der Waals surface area contributed by atoms with Crippen LogP contribution < -0.4 is 10.6 Å². The molecule has 5 heterocycles. The lowest BCUT2D eigenvalue weighted by Gasteiger charge is -2.27. The number of anilines is 2. The zero-order valence-corrected chi connectivity index (χ0v) is 21.8.